The third kappa shape index (κ3) is 1.73. The second-order valence-electron chi connectivity index (χ2n) is 3.19. The number of nitrogens with zero attached hydrogens (tertiary/aromatic N) is 3. The smallest absolute Gasteiger partial charge is 0.149 e. The van der Waals surface area contributed by atoms with Gasteiger partial charge in [0.25, 0.3) is 0 Å². The van der Waals surface area contributed by atoms with E-state index in [0.29, 0.717) is 5.56 Å². The van der Waals surface area contributed by atoms with Gasteiger partial charge in [-0.15, -0.1) is 0 Å². The molecule has 15 heavy (non-hydrogen) atoms. The van der Waals surface area contributed by atoms with Crippen molar-refractivity contribution in [2.75, 3.05) is 0 Å². The topological polar surface area (TPSA) is 50.9 Å². The molecular formula is C10H10FN3O. The quantitative estimate of drug-likeness (QED) is 0.811. The van der Waals surface area contributed by atoms with Crippen LogP contribution in [-0.2, 0) is 0 Å². The molecule has 1 atom stereocenters. The summed E-state index contributed by atoms with van der Waals surface area (Å²) in [7, 11) is 0. The summed E-state index contributed by atoms with van der Waals surface area (Å²) in [5.74, 6) is -0.432. The van der Waals surface area contributed by atoms with Gasteiger partial charge in [-0.1, -0.05) is 12.1 Å². The fourth-order valence-electron chi connectivity index (χ4n) is 1.43. The monoisotopic (exact) mass is 207 g/mol. The lowest BCUT2D eigenvalue weighted by Gasteiger charge is -2.11. The van der Waals surface area contributed by atoms with E-state index in [1.807, 2.05) is 0 Å². The van der Waals surface area contributed by atoms with Crippen molar-refractivity contribution < 1.29 is 9.50 Å². The summed E-state index contributed by atoms with van der Waals surface area (Å²) >= 11 is 0. The lowest BCUT2D eigenvalue weighted by atomic mass is 10.1. The molecule has 0 fully saturated rings. The maximum Gasteiger partial charge on any atom is 0.149 e. The molecule has 0 aliphatic heterocycles. The summed E-state index contributed by atoms with van der Waals surface area (Å²) in [6.45, 7) is 1.58. The van der Waals surface area contributed by atoms with Gasteiger partial charge < -0.3 is 5.11 Å². The molecule has 0 aliphatic rings. The molecule has 1 aromatic carbocycles. The highest BCUT2D eigenvalue weighted by atomic mass is 19.1. The average molecular weight is 207 g/mol. The van der Waals surface area contributed by atoms with Crippen molar-refractivity contribution in [1.29, 1.82) is 0 Å². The molecule has 78 valence electrons. The Bertz CT molecular complexity index is 454. The van der Waals surface area contributed by atoms with Gasteiger partial charge in [0.1, 0.15) is 24.2 Å². The van der Waals surface area contributed by atoms with Gasteiger partial charge in [-0.05, 0) is 13.0 Å². The van der Waals surface area contributed by atoms with Gasteiger partial charge in [0.2, 0.25) is 0 Å². The molecule has 1 unspecified atom stereocenters. The third-order valence-electron chi connectivity index (χ3n) is 2.12. The van der Waals surface area contributed by atoms with Crippen molar-refractivity contribution >= 4 is 0 Å². The second kappa shape index (κ2) is 3.78. The molecule has 2 rings (SSSR count). The number of aromatic nitrogens is 3. The standard InChI is InChI=1S/C10H10FN3O/c1-7(15)8-3-2-4-9(11)10(8)14-6-12-5-13-14/h2-7,15H,1H3. The molecule has 0 radical (unpaired) electrons. The van der Waals surface area contributed by atoms with Crippen LogP contribution in [0, 0.1) is 5.82 Å². The molecule has 1 heterocycles. The van der Waals surface area contributed by atoms with Gasteiger partial charge in [-0.3, -0.25) is 0 Å². The zero-order chi connectivity index (χ0) is 10.8. The molecule has 0 saturated heterocycles. The van der Waals surface area contributed by atoms with Crippen LogP contribution < -0.4 is 0 Å². The Kier molecular flexibility index (Phi) is 2.47. The number of para-hydroxylation sites is 1. The Hall–Kier alpha value is -1.75. The van der Waals surface area contributed by atoms with E-state index >= 15 is 0 Å². The third-order valence-corrected chi connectivity index (χ3v) is 2.12. The maximum absolute atomic E-state index is 13.6. The van der Waals surface area contributed by atoms with Gasteiger partial charge in [0.15, 0.2) is 0 Å². The predicted molar refractivity (Wildman–Crippen MR) is 52.0 cm³/mol. The van der Waals surface area contributed by atoms with E-state index in [9.17, 15) is 9.50 Å². The predicted octanol–water partition coefficient (Wildman–Crippen LogP) is 1.46. The van der Waals surface area contributed by atoms with Crippen LogP contribution in [0.5, 0.6) is 0 Å². The van der Waals surface area contributed by atoms with Gasteiger partial charge in [-0.2, -0.15) is 5.10 Å². The van der Waals surface area contributed by atoms with Crippen LogP contribution in [0.1, 0.15) is 18.6 Å². The molecule has 1 N–H and O–H groups in total. The van der Waals surface area contributed by atoms with Gasteiger partial charge >= 0.3 is 0 Å². The number of hydrogen-bond donors (Lipinski definition) is 1. The van der Waals surface area contributed by atoms with E-state index in [0.717, 1.165) is 0 Å². The van der Waals surface area contributed by atoms with Crippen LogP contribution in [0.4, 0.5) is 4.39 Å². The number of benzene rings is 1. The molecular weight excluding hydrogens is 197 g/mol. The van der Waals surface area contributed by atoms with E-state index < -0.39 is 11.9 Å². The summed E-state index contributed by atoms with van der Waals surface area (Å²) < 4.78 is 14.9. The van der Waals surface area contributed by atoms with E-state index in [1.54, 1.807) is 19.1 Å². The molecule has 2 aromatic rings. The van der Waals surface area contributed by atoms with Crippen molar-refractivity contribution in [2.45, 2.75) is 13.0 Å². The molecule has 0 spiro atoms. The first-order valence-corrected chi connectivity index (χ1v) is 4.51. The van der Waals surface area contributed by atoms with E-state index in [4.69, 9.17) is 0 Å². The van der Waals surface area contributed by atoms with Crippen molar-refractivity contribution in [3.05, 3.63) is 42.2 Å². The van der Waals surface area contributed by atoms with Gasteiger partial charge in [0.05, 0.1) is 6.10 Å². The Labute approximate surface area is 86.0 Å². The number of rotatable bonds is 2. The highest BCUT2D eigenvalue weighted by Crippen LogP contribution is 2.23. The lowest BCUT2D eigenvalue weighted by molar-refractivity contribution is 0.198. The lowest BCUT2D eigenvalue weighted by Crippen LogP contribution is -2.05. The minimum atomic E-state index is -0.750. The van der Waals surface area contributed by atoms with Crippen LogP contribution >= 0.6 is 0 Å². The molecule has 0 aliphatic carbocycles. The zero-order valence-electron chi connectivity index (χ0n) is 8.13. The highest BCUT2D eigenvalue weighted by molar-refractivity contribution is 5.42. The maximum atomic E-state index is 13.6. The zero-order valence-corrected chi connectivity index (χ0v) is 8.13. The Balaban J connectivity index is 2.63. The SMILES string of the molecule is CC(O)c1cccc(F)c1-n1cncn1. The Morgan fingerprint density at radius 1 is 1.47 bits per heavy atom. The fraction of sp³-hybridized carbons (Fsp3) is 0.200. The van der Waals surface area contributed by atoms with Crippen LogP contribution in [0.25, 0.3) is 5.69 Å². The number of aliphatic hydroxyl groups is 1. The number of hydrogen-bond acceptors (Lipinski definition) is 3. The average Bonchev–Trinajstić information content (AvgIpc) is 2.70. The van der Waals surface area contributed by atoms with Crippen LogP contribution in [0.2, 0.25) is 0 Å². The minimum Gasteiger partial charge on any atom is -0.389 e. The van der Waals surface area contributed by atoms with Gasteiger partial charge in [0, 0.05) is 5.56 Å². The fourth-order valence-corrected chi connectivity index (χ4v) is 1.43. The number of halogens is 1. The molecule has 0 bridgehead atoms. The highest BCUT2D eigenvalue weighted by Gasteiger charge is 2.14. The van der Waals surface area contributed by atoms with E-state index in [-0.39, 0.29) is 5.69 Å². The summed E-state index contributed by atoms with van der Waals surface area (Å²) in [6.07, 6.45) is 1.96. The van der Waals surface area contributed by atoms with E-state index in [1.165, 1.54) is 23.4 Å². The molecule has 1 aromatic heterocycles. The van der Waals surface area contributed by atoms with E-state index in [2.05, 4.69) is 10.1 Å². The largest absolute Gasteiger partial charge is 0.389 e. The molecule has 5 heteroatoms. The molecule has 4 nitrogen and oxygen atoms in total. The summed E-state index contributed by atoms with van der Waals surface area (Å²) in [5, 5.41) is 13.3. The normalized spacial score (nSPS) is 12.7. The van der Waals surface area contributed by atoms with Crippen LogP contribution in [-0.4, -0.2) is 19.9 Å². The second-order valence-corrected chi connectivity index (χ2v) is 3.19. The van der Waals surface area contributed by atoms with Gasteiger partial charge in [-0.25, -0.2) is 14.1 Å². The molecule has 0 saturated carbocycles. The Morgan fingerprint density at radius 3 is 2.87 bits per heavy atom. The van der Waals surface area contributed by atoms with Crippen molar-refractivity contribution in [3.63, 3.8) is 0 Å². The van der Waals surface area contributed by atoms with Crippen LogP contribution in [0.3, 0.4) is 0 Å². The first-order valence-electron chi connectivity index (χ1n) is 4.51. The van der Waals surface area contributed by atoms with Crippen molar-refractivity contribution in [2.24, 2.45) is 0 Å². The van der Waals surface area contributed by atoms with Crippen molar-refractivity contribution in [1.82, 2.24) is 14.8 Å². The Morgan fingerprint density at radius 2 is 2.27 bits per heavy atom. The van der Waals surface area contributed by atoms with Crippen molar-refractivity contribution in [3.8, 4) is 5.69 Å². The first-order chi connectivity index (χ1) is 7.20. The molecule has 0 amide bonds. The van der Waals surface area contributed by atoms with Crippen LogP contribution in [0.15, 0.2) is 30.9 Å². The summed E-state index contributed by atoms with van der Waals surface area (Å²) in [5.41, 5.74) is 0.727. The summed E-state index contributed by atoms with van der Waals surface area (Å²) in [4.78, 5) is 3.74. The number of aliphatic hydroxyl groups excluding tert-OH is 1. The first kappa shape index (κ1) is 9.79. The summed E-state index contributed by atoms with van der Waals surface area (Å²) in [6, 6.07) is 4.53. The minimum absolute atomic E-state index is 0.241.